The van der Waals surface area contributed by atoms with E-state index in [2.05, 4.69) is 68.6 Å². The van der Waals surface area contributed by atoms with Gasteiger partial charge in [0.15, 0.2) is 5.82 Å². The minimum atomic E-state index is -0.0382. The van der Waals surface area contributed by atoms with Gasteiger partial charge in [-0.1, -0.05) is 48.0 Å². The van der Waals surface area contributed by atoms with Gasteiger partial charge in [-0.3, -0.25) is 4.90 Å². The van der Waals surface area contributed by atoms with Crippen LogP contribution < -0.4 is 4.90 Å². The van der Waals surface area contributed by atoms with E-state index in [0.29, 0.717) is 6.54 Å². The van der Waals surface area contributed by atoms with E-state index >= 15 is 0 Å². The molecule has 1 aliphatic rings. The van der Waals surface area contributed by atoms with Gasteiger partial charge < -0.3 is 9.32 Å². The zero-order chi connectivity index (χ0) is 21.9. The molecule has 1 saturated heterocycles. The number of anilines is 1. The van der Waals surface area contributed by atoms with Crippen LogP contribution in [0.3, 0.4) is 0 Å². The average Bonchev–Trinajstić information content (AvgIpc) is 3.50. The molecule has 2 aromatic carbocycles. The zero-order valence-corrected chi connectivity index (χ0v) is 18.7. The number of hydrogen-bond donors (Lipinski definition) is 0. The molecule has 0 radical (unpaired) electrons. The monoisotopic (exact) mass is 448 g/mol. The summed E-state index contributed by atoms with van der Waals surface area (Å²) in [6, 6.07) is 20.3. The molecule has 4 aromatic rings. The number of piperazine rings is 1. The van der Waals surface area contributed by atoms with E-state index in [4.69, 9.17) is 16.0 Å². The third-order valence-electron chi connectivity index (χ3n) is 6.00. The molecule has 3 heterocycles. The van der Waals surface area contributed by atoms with Crippen LogP contribution in [-0.2, 0) is 6.54 Å². The summed E-state index contributed by atoms with van der Waals surface area (Å²) in [4.78, 5) is 4.86. The maximum Gasteiger partial charge on any atom is 0.173 e. The van der Waals surface area contributed by atoms with Crippen molar-refractivity contribution >= 4 is 17.3 Å². The molecule has 0 bridgehead atoms. The lowest BCUT2D eigenvalue weighted by atomic mass is 10.0. The molecule has 1 atom stereocenters. The molecule has 0 unspecified atom stereocenters. The first-order chi connectivity index (χ1) is 15.7. The highest BCUT2D eigenvalue weighted by Gasteiger charge is 2.31. The van der Waals surface area contributed by atoms with Gasteiger partial charge in [0, 0.05) is 36.9 Å². The lowest BCUT2D eigenvalue weighted by Gasteiger charge is -2.40. The van der Waals surface area contributed by atoms with E-state index in [1.807, 2.05) is 28.9 Å². The molecule has 0 aliphatic carbocycles. The molecule has 0 N–H and O–H groups in total. The van der Waals surface area contributed by atoms with Crippen LogP contribution in [0.15, 0.2) is 71.3 Å². The zero-order valence-electron chi connectivity index (χ0n) is 17.9. The van der Waals surface area contributed by atoms with Crippen molar-refractivity contribution in [3.05, 3.63) is 94.7 Å². The molecule has 32 heavy (non-hydrogen) atoms. The Morgan fingerprint density at radius 3 is 2.56 bits per heavy atom. The molecule has 164 valence electrons. The summed E-state index contributed by atoms with van der Waals surface area (Å²) in [5.74, 6) is 1.64. The summed E-state index contributed by atoms with van der Waals surface area (Å²) < 4.78 is 7.37. The fraction of sp³-hybridized carbons (Fsp3) is 0.292. The smallest absolute Gasteiger partial charge is 0.173 e. The van der Waals surface area contributed by atoms with Gasteiger partial charge in [0.05, 0.1) is 12.3 Å². The highest BCUT2D eigenvalue weighted by atomic mass is 35.5. The van der Waals surface area contributed by atoms with E-state index in [-0.39, 0.29) is 6.04 Å². The van der Waals surface area contributed by atoms with Crippen LogP contribution in [0.1, 0.15) is 28.8 Å². The number of hydrogen-bond acceptors (Lipinski definition) is 6. The summed E-state index contributed by atoms with van der Waals surface area (Å²) in [6.45, 7) is 6.22. The van der Waals surface area contributed by atoms with Crippen molar-refractivity contribution in [3.8, 4) is 0 Å². The Balaban J connectivity index is 1.41. The second-order valence-corrected chi connectivity index (χ2v) is 8.48. The minimum Gasteiger partial charge on any atom is -0.467 e. The summed E-state index contributed by atoms with van der Waals surface area (Å²) in [5.41, 5.74) is 3.62. The van der Waals surface area contributed by atoms with E-state index in [0.717, 1.165) is 42.8 Å². The molecular formula is C24H25ClN6O. The van der Waals surface area contributed by atoms with E-state index < -0.39 is 0 Å². The summed E-state index contributed by atoms with van der Waals surface area (Å²) in [6.07, 6.45) is 1.67. The lowest BCUT2D eigenvalue weighted by molar-refractivity contribution is 0.201. The second kappa shape index (κ2) is 9.14. The fourth-order valence-electron chi connectivity index (χ4n) is 4.37. The molecule has 1 aliphatic heterocycles. The second-order valence-electron chi connectivity index (χ2n) is 8.04. The van der Waals surface area contributed by atoms with E-state index in [1.54, 1.807) is 6.26 Å². The number of tetrazole rings is 1. The van der Waals surface area contributed by atoms with Crippen LogP contribution in [0.2, 0.25) is 5.02 Å². The molecular weight excluding hydrogens is 424 g/mol. The van der Waals surface area contributed by atoms with Gasteiger partial charge >= 0.3 is 0 Å². The summed E-state index contributed by atoms with van der Waals surface area (Å²) >= 11 is 6.27. The number of furan rings is 1. The Kier molecular flexibility index (Phi) is 5.92. The first-order valence-corrected chi connectivity index (χ1v) is 11.2. The summed E-state index contributed by atoms with van der Waals surface area (Å²) in [5, 5.41) is 13.5. The number of aromatic nitrogens is 4. The van der Waals surface area contributed by atoms with Crippen molar-refractivity contribution in [1.29, 1.82) is 0 Å². The molecule has 5 rings (SSSR count). The van der Waals surface area contributed by atoms with Crippen molar-refractivity contribution in [3.63, 3.8) is 0 Å². The van der Waals surface area contributed by atoms with Gasteiger partial charge in [-0.25, -0.2) is 4.68 Å². The number of halogens is 1. The highest BCUT2D eigenvalue weighted by molar-refractivity contribution is 6.30. The first-order valence-electron chi connectivity index (χ1n) is 10.8. The van der Waals surface area contributed by atoms with Gasteiger partial charge in [-0.15, -0.1) is 5.10 Å². The van der Waals surface area contributed by atoms with Gasteiger partial charge in [-0.05, 0) is 52.7 Å². The lowest BCUT2D eigenvalue weighted by Crippen LogP contribution is -2.48. The van der Waals surface area contributed by atoms with Crippen LogP contribution in [-0.4, -0.2) is 51.3 Å². The van der Waals surface area contributed by atoms with Crippen LogP contribution in [0.5, 0.6) is 0 Å². The Morgan fingerprint density at radius 1 is 1.00 bits per heavy atom. The quantitative estimate of drug-likeness (QED) is 0.440. The number of aryl methyl sites for hydroxylation is 1. The Hall–Kier alpha value is -3.16. The maximum atomic E-state index is 6.27. The molecule has 7 nitrogen and oxygen atoms in total. The predicted molar refractivity (Wildman–Crippen MR) is 124 cm³/mol. The van der Waals surface area contributed by atoms with Crippen molar-refractivity contribution in [2.45, 2.75) is 19.5 Å². The SMILES string of the molecule is Cc1ccc(Cl)cc1N1CCN([C@H](c2ccccc2)c2nnnn2Cc2ccco2)CC1. The highest BCUT2D eigenvalue weighted by Crippen LogP contribution is 2.31. The largest absolute Gasteiger partial charge is 0.467 e. The van der Waals surface area contributed by atoms with Crippen molar-refractivity contribution in [1.82, 2.24) is 25.1 Å². The molecule has 0 saturated carbocycles. The van der Waals surface area contributed by atoms with Crippen molar-refractivity contribution < 1.29 is 4.42 Å². The van der Waals surface area contributed by atoms with Crippen LogP contribution in [0.25, 0.3) is 0 Å². The number of rotatable bonds is 6. The molecule has 0 amide bonds. The third kappa shape index (κ3) is 4.26. The Labute approximate surface area is 192 Å². The first kappa shape index (κ1) is 20.7. The van der Waals surface area contributed by atoms with Crippen molar-refractivity contribution in [2.75, 3.05) is 31.1 Å². The number of nitrogens with zero attached hydrogens (tertiary/aromatic N) is 6. The summed E-state index contributed by atoms with van der Waals surface area (Å²) in [7, 11) is 0. The third-order valence-corrected chi connectivity index (χ3v) is 6.23. The standard InChI is InChI=1S/C24H25ClN6O/c1-18-9-10-20(25)16-22(18)29-11-13-30(14-12-29)23(19-6-3-2-4-7-19)24-26-27-28-31(24)17-21-8-5-15-32-21/h2-10,15-16,23H,11-14,17H2,1H3/t23-/m1/s1. The van der Waals surface area contributed by atoms with E-state index in [9.17, 15) is 0 Å². The van der Waals surface area contributed by atoms with Crippen molar-refractivity contribution in [2.24, 2.45) is 0 Å². The average molecular weight is 449 g/mol. The topological polar surface area (TPSA) is 63.2 Å². The Morgan fingerprint density at radius 2 is 1.81 bits per heavy atom. The maximum absolute atomic E-state index is 6.27. The van der Waals surface area contributed by atoms with E-state index in [1.165, 1.54) is 16.8 Å². The molecule has 1 fully saturated rings. The van der Waals surface area contributed by atoms with Gasteiger partial charge in [0.25, 0.3) is 0 Å². The van der Waals surface area contributed by atoms with Gasteiger partial charge in [-0.2, -0.15) is 0 Å². The van der Waals surface area contributed by atoms with Crippen LogP contribution in [0, 0.1) is 6.92 Å². The predicted octanol–water partition coefficient (Wildman–Crippen LogP) is 4.19. The normalized spacial score (nSPS) is 15.8. The van der Waals surface area contributed by atoms with Crippen LogP contribution >= 0.6 is 11.6 Å². The Bertz CT molecular complexity index is 1150. The number of benzene rings is 2. The molecule has 8 heteroatoms. The molecule has 2 aromatic heterocycles. The van der Waals surface area contributed by atoms with Crippen LogP contribution in [0.4, 0.5) is 5.69 Å². The fourth-order valence-corrected chi connectivity index (χ4v) is 4.54. The van der Waals surface area contributed by atoms with Gasteiger partial charge in [0.1, 0.15) is 12.3 Å². The molecule has 0 spiro atoms. The minimum absolute atomic E-state index is 0.0382. The van der Waals surface area contributed by atoms with Gasteiger partial charge in [0.2, 0.25) is 0 Å².